The van der Waals surface area contributed by atoms with Crippen LogP contribution in [0.4, 0.5) is 4.79 Å². The molecular formula is C17H24N2O5S. The maximum Gasteiger partial charge on any atom is 0.410 e. The van der Waals surface area contributed by atoms with Gasteiger partial charge in [-0.05, 0) is 51.8 Å². The molecule has 2 amide bonds. The van der Waals surface area contributed by atoms with Crippen molar-refractivity contribution >= 4 is 21.8 Å². The number of benzene rings is 1. The molecule has 0 bridgehead atoms. The molecule has 0 aromatic heterocycles. The number of piperidine rings is 1. The molecule has 25 heavy (non-hydrogen) atoms. The normalized spacial score (nSPS) is 18.7. The Kier molecular flexibility index (Phi) is 5.41. The number of nitrogens with two attached hydrogens (primary N) is 1. The van der Waals surface area contributed by atoms with Gasteiger partial charge in [-0.1, -0.05) is 6.07 Å². The van der Waals surface area contributed by atoms with Crippen LogP contribution < -0.4 is 5.73 Å². The number of nitrogens with zero attached hydrogens (tertiary/aromatic N) is 1. The molecule has 1 aromatic carbocycles. The number of hydrogen-bond acceptors (Lipinski definition) is 5. The van der Waals surface area contributed by atoms with Crippen LogP contribution in [0.5, 0.6) is 0 Å². The number of carbonyl (C=O) groups is 2. The number of ether oxygens (including phenoxy) is 1. The van der Waals surface area contributed by atoms with Crippen LogP contribution in [-0.2, 0) is 14.6 Å². The molecule has 1 saturated heterocycles. The molecule has 1 fully saturated rings. The average Bonchev–Trinajstić information content (AvgIpc) is 2.53. The van der Waals surface area contributed by atoms with Gasteiger partial charge >= 0.3 is 6.09 Å². The van der Waals surface area contributed by atoms with Crippen molar-refractivity contribution in [2.24, 2.45) is 5.73 Å². The van der Waals surface area contributed by atoms with Gasteiger partial charge in [0.2, 0.25) is 5.91 Å². The molecule has 2 rings (SSSR count). The molecule has 0 spiro atoms. The highest BCUT2D eigenvalue weighted by Crippen LogP contribution is 2.25. The summed E-state index contributed by atoms with van der Waals surface area (Å²) in [5.74, 6) is -0.684. The predicted molar refractivity (Wildman–Crippen MR) is 93.0 cm³/mol. The van der Waals surface area contributed by atoms with Crippen molar-refractivity contribution in [3.63, 3.8) is 0 Å². The Hall–Kier alpha value is -2.09. The molecular weight excluding hydrogens is 344 g/mol. The smallest absolute Gasteiger partial charge is 0.410 e. The second-order valence-electron chi connectivity index (χ2n) is 7.13. The van der Waals surface area contributed by atoms with Gasteiger partial charge in [-0.3, -0.25) is 4.79 Å². The third kappa shape index (κ3) is 4.72. The Morgan fingerprint density at radius 1 is 1.28 bits per heavy atom. The molecule has 2 N–H and O–H groups in total. The first-order valence-electron chi connectivity index (χ1n) is 8.12. The highest BCUT2D eigenvalue weighted by molar-refractivity contribution is 7.92. The van der Waals surface area contributed by atoms with E-state index in [2.05, 4.69) is 0 Å². The molecule has 138 valence electrons. The second-order valence-corrected chi connectivity index (χ2v) is 9.36. The van der Waals surface area contributed by atoms with Crippen LogP contribution in [0.3, 0.4) is 0 Å². The second kappa shape index (κ2) is 7.03. The van der Waals surface area contributed by atoms with E-state index < -0.39 is 32.7 Å². The summed E-state index contributed by atoms with van der Waals surface area (Å²) in [6.07, 6.45) is 0.499. The maximum atomic E-state index is 12.9. The molecule has 0 aliphatic carbocycles. The minimum atomic E-state index is -3.69. The molecule has 7 nitrogen and oxygen atoms in total. The average molecular weight is 368 g/mol. The fraction of sp³-hybridized carbons (Fsp3) is 0.529. The van der Waals surface area contributed by atoms with Gasteiger partial charge in [0.25, 0.3) is 0 Å². The first kappa shape index (κ1) is 19.2. The van der Waals surface area contributed by atoms with Gasteiger partial charge in [0.05, 0.1) is 10.1 Å². The fourth-order valence-electron chi connectivity index (χ4n) is 2.70. The molecule has 1 atom stereocenters. The van der Waals surface area contributed by atoms with Crippen LogP contribution in [0.2, 0.25) is 0 Å². The Bertz CT molecular complexity index is 767. The summed E-state index contributed by atoms with van der Waals surface area (Å²) in [5.41, 5.74) is 4.72. The largest absolute Gasteiger partial charge is 0.444 e. The summed E-state index contributed by atoms with van der Waals surface area (Å²) < 4.78 is 31.1. The first-order valence-corrected chi connectivity index (χ1v) is 9.67. The van der Waals surface area contributed by atoms with Crippen LogP contribution in [0.15, 0.2) is 29.2 Å². The lowest BCUT2D eigenvalue weighted by Gasteiger charge is -2.33. The van der Waals surface area contributed by atoms with Gasteiger partial charge in [0.1, 0.15) is 5.60 Å². The molecule has 1 aromatic rings. The van der Waals surface area contributed by atoms with Crippen molar-refractivity contribution < 1.29 is 22.7 Å². The summed E-state index contributed by atoms with van der Waals surface area (Å²) in [5, 5.41) is -0.739. The number of hydrogen-bond donors (Lipinski definition) is 1. The van der Waals surface area contributed by atoms with Crippen molar-refractivity contribution in [3.05, 3.63) is 29.8 Å². The number of primary amides is 1. The quantitative estimate of drug-likeness (QED) is 0.877. The van der Waals surface area contributed by atoms with E-state index in [-0.39, 0.29) is 17.0 Å². The van der Waals surface area contributed by atoms with E-state index in [0.717, 1.165) is 0 Å². The van der Waals surface area contributed by atoms with Gasteiger partial charge in [-0.15, -0.1) is 0 Å². The van der Waals surface area contributed by atoms with Crippen LogP contribution in [-0.4, -0.2) is 49.3 Å². The van der Waals surface area contributed by atoms with Crippen molar-refractivity contribution in [2.45, 2.75) is 49.4 Å². The van der Waals surface area contributed by atoms with E-state index in [4.69, 9.17) is 10.5 Å². The van der Waals surface area contributed by atoms with Crippen molar-refractivity contribution in [2.75, 3.05) is 13.1 Å². The molecule has 0 saturated carbocycles. The van der Waals surface area contributed by atoms with Gasteiger partial charge in [-0.2, -0.15) is 0 Å². The van der Waals surface area contributed by atoms with Gasteiger partial charge in [0, 0.05) is 18.7 Å². The predicted octanol–water partition coefficient (Wildman–Crippen LogP) is 1.96. The van der Waals surface area contributed by atoms with E-state index in [1.165, 1.54) is 29.2 Å². The van der Waals surface area contributed by atoms with E-state index >= 15 is 0 Å². The zero-order valence-corrected chi connectivity index (χ0v) is 15.5. The topological polar surface area (TPSA) is 107 Å². The van der Waals surface area contributed by atoms with Crippen LogP contribution in [0, 0.1) is 0 Å². The number of amides is 2. The Morgan fingerprint density at radius 3 is 2.56 bits per heavy atom. The lowest BCUT2D eigenvalue weighted by molar-refractivity contribution is 0.0219. The molecule has 8 heteroatoms. The Balaban J connectivity index is 2.21. The van der Waals surface area contributed by atoms with Crippen LogP contribution >= 0.6 is 0 Å². The van der Waals surface area contributed by atoms with Gasteiger partial charge in [-0.25, -0.2) is 13.2 Å². The van der Waals surface area contributed by atoms with E-state index in [0.29, 0.717) is 19.4 Å². The molecule has 1 aliphatic rings. The summed E-state index contributed by atoms with van der Waals surface area (Å²) in [6, 6.07) is 5.68. The molecule has 0 radical (unpaired) electrons. The fourth-order valence-corrected chi connectivity index (χ4v) is 4.50. The van der Waals surface area contributed by atoms with E-state index in [9.17, 15) is 18.0 Å². The third-order valence-corrected chi connectivity index (χ3v) is 6.09. The monoisotopic (exact) mass is 368 g/mol. The first-order chi connectivity index (χ1) is 11.5. The third-order valence-electron chi connectivity index (χ3n) is 3.92. The van der Waals surface area contributed by atoms with Crippen molar-refractivity contribution in [1.29, 1.82) is 0 Å². The maximum absolute atomic E-state index is 12.9. The summed E-state index contributed by atoms with van der Waals surface area (Å²) in [4.78, 5) is 25.0. The van der Waals surface area contributed by atoms with Crippen LogP contribution in [0.25, 0.3) is 0 Å². The van der Waals surface area contributed by atoms with Gasteiger partial charge < -0.3 is 15.4 Å². The highest BCUT2D eigenvalue weighted by atomic mass is 32.2. The van der Waals surface area contributed by atoms with Crippen LogP contribution in [0.1, 0.15) is 44.0 Å². The SMILES string of the molecule is CC(C)(C)OC(=O)N1CCCC(S(=O)(=O)c2cccc(C(N)=O)c2)C1. The number of likely N-dealkylation sites (tertiary alicyclic amines) is 1. The van der Waals surface area contributed by atoms with Crippen molar-refractivity contribution in [3.8, 4) is 0 Å². The van der Waals surface area contributed by atoms with E-state index in [1.807, 2.05) is 0 Å². The zero-order valence-electron chi connectivity index (χ0n) is 14.7. The highest BCUT2D eigenvalue weighted by Gasteiger charge is 2.35. The Labute approximate surface area is 148 Å². The molecule has 1 unspecified atom stereocenters. The summed E-state index contributed by atoms with van der Waals surface area (Å²) in [7, 11) is -3.69. The number of sulfone groups is 1. The van der Waals surface area contributed by atoms with E-state index in [1.54, 1.807) is 20.8 Å². The van der Waals surface area contributed by atoms with Gasteiger partial charge in [0.15, 0.2) is 9.84 Å². The minimum Gasteiger partial charge on any atom is -0.444 e. The standard InChI is InChI=1S/C17H24N2O5S/c1-17(2,3)24-16(21)19-9-5-8-14(11-19)25(22,23)13-7-4-6-12(10-13)15(18)20/h4,6-7,10,14H,5,8-9,11H2,1-3H3,(H2,18,20). The van der Waals surface area contributed by atoms with Crippen molar-refractivity contribution in [1.82, 2.24) is 4.90 Å². The Morgan fingerprint density at radius 2 is 1.96 bits per heavy atom. The number of carbonyl (C=O) groups excluding carboxylic acids is 2. The summed E-state index contributed by atoms with van der Waals surface area (Å²) in [6.45, 7) is 5.81. The lowest BCUT2D eigenvalue weighted by Crippen LogP contribution is -2.47. The molecule has 1 aliphatic heterocycles. The molecule has 1 heterocycles. The lowest BCUT2D eigenvalue weighted by atomic mass is 10.1. The minimum absolute atomic E-state index is 0.0415. The number of rotatable bonds is 3. The zero-order chi connectivity index (χ0) is 18.8. The summed E-state index contributed by atoms with van der Waals surface area (Å²) >= 11 is 0.